The third-order valence-corrected chi connectivity index (χ3v) is 7.47. The largest absolute Gasteiger partial charge is 0.354 e. The first-order valence-corrected chi connectivity index (χ1v) is 10.8. The number of hydrogen-bond acceptors (Lipinski definition) is 5. The lowest BCUT2D eigenvalue weighted by atomic mass is 10.1. The topological polar surface area (TPSA) is 70.8 Å². The fourth-order valence-corrected chi connectivity index (χ4v) is 5.95. The van der Waals surface area contributed by atoms with Gasteiger partial charge in [0.1, 0.15) is 12.1 Å². The van der Waals surface area contributed by atoms with Crippen LogP contribution in [-0.4, -0.2) is 53.5 Å². The number of fused-ring (bicyclic) bond motifs is 1. The number of benzene rings is 1. The van der Waals surface area contributed by atoms with Crippen molar-refractivity contribution in [1.29, 1.82) is 0 Å². The molecule has 3 aromatic rings. The molecule has 1 aromatic carbocycles. The molecule has 7 nitrogen and oxygen atoms in total. The Bertz CT molecular complexity index is 1120. The monoisotopic (exact) mass is 399 g/mol. The predicted octanol–water partition coefficient (Wildman–Crippen LogP) is 2.47. The Morgan fingerprint density at radius 3 is 2.11 bits per heavy atom. The fraction of sp³-hybridized carbons (Fsp3) is 0.400. The van der Waals surface area contributed by atoms with Gasteiger partial charge in [0.15, 0.2) is 5.65 Å². The molecule has 8 heteroatoms. The number of nitrogens with zero attached hydrogens (tertiary/aromatic N) is 5. The van der Waals surface area contributed by atoms with Crippen molar-refractivity contribution < 1.29 is 8.42 Å². The van der Waals surface area contributed by atoms with Crippen molar-refractivity contribution in [2.75, 3.05) is 31.1 Å². The van der Waals surface area contributed by atoms with Gasteiger partial charge in [-0.3, -0.25) is 0 Å². The maximum atomic E-state index is 13.3. The summed E-state index contributed by atoms with van der Waals surface area (Å²) in [7, 11) is -3.51. The first kappa shape index (κ1) is 18.9. The molecule has 0 N–H and O–H groups in total. The molecule has 148 valence electrons. The van der Waals surface area contributed by atoms with Gasteiger partial charge in [-0.25, -0.2) is 13.4 Å². The number of sulfonamides is 1. The van der Waals surface area contributed by atoms with E-state index in [1.165, 1.54) is 0 Å². The SMILES string of the molecule is Cc1cc(C)c(S(=O)(=O)N2CCN(c3cc(C)cc4ncnn34)CC2)c(C)c1. The predicted molar refractivity (Wildman–Crippen MR) is 109 cm³/mol. The molecule has 0 amide bonds. The molecule has 0 atom stereocenters. The smallest absolute Gasteiger partial charge is 0.243 e. The highest BCUT2D eigenvalue weighted by Crippen LogP contribution is 2.27. The molecule has 0 radical (unpaired) electrons. The second-order valence-electron chi connectivity index (χ2n) is 7.54. The van der Waals surface area contributed by atoms with E-state index in [0.717, 1.165) is 33.7 Å². The van der Waals surface area contributed by atoms with Crippen molar-refractivity contribution in [2.45, 2.75) is 32.6 Å². The van der Waals surface area contributed by atoms with E-state index in [2.05, 4.69) is 21.0 Å². The van der Waals surface area contributed by atoms with E-state index < -0.39 is 10.0 Å². The molecular formula is C20H25N5O2S. The maximum absolute atomic E-state index is 13.3. The molecule has 2 aromatic heterocycles. The van der Waals surface area contributed by atoms with Gasteiger partial charge in [-0.2, -0.15) is 13.9 Å². The van der Waals surface area contributed by atoms with E-state index in [1.54, 1.807) is 10.6 Å². The lowest BCUT2D eigenvalue weighted by molar-refractivity contribution is 0.382. The van der Waals surface area contributed by atoms with Crippen LogP contribution in [-0.2, 0) is 10.0 Å². The van der Waals surface area contributed by atoms with Crippen LogP contribution in [0.4, 0.5) is 5.82 Å². The van der Waals surface area contributed by atoms with Crippen molar-refractivity contribution in [1.82, 2.24) is 18.9 Å². The number of anilines is 1. The maximum Gasteiger partial charge on any atom is 0.243 e. The van der Waals surface area contributed by atoms with Gasteiger partial charge >= 0.3 is 0 Å². The van der Waals surface area contributed by atoms with Crippen LogP contribution >= 0.6 is 0 Å². The van der Waals surface area contributed by atoms with Crippen LogP contribution in [0.25, 0.3) is 5.65 Å². The van der Waals surface area contributed by atoms with Gasteiger partial charge in [-0.05, 0) is 56.5 Å². The summed E-state index contributed by atoms with van der Waals surface area (Å²) in [5.41, 5.74) is 4.60. The van der Waals surface area contributed by atoms with Gasteiger partial charge in [0.2, 0.25) is 10.0 Å². The number of aromatic nitrogens is 3. The van der Waals surface area contributed by atoms with Crippen LogP contribution in [0.15, 0.2) is 35.5 Å². The molecule has 1 aliphatic rings. The molecular weight excluding hydrogens is 374 g/mol. The highest BCUT2D eigenvalue weighted by molar-refractivity contribution is 7.89. The summed E-state index contributed by atoms with van der Waals surface area (Å²) in [6, 6.07) is 7.93. The zero-order valence-electron chi connectivity index (χ0n) is 16.7. The normalized spacial score (nSPS) is 16.1. The Morgan fingerprint density at radius 2 is 1.46 bits per heavy atom. The van der Waals surface area contributed by atoms with Crippen molar-refractivity contribution in [3.05, 3.63) is 52.8 Å². The summed E-state index contributed by atoms with van der Waals surface area (Å²) >= 11 is 0. The van der Waals surface area contributed by atoms with Crippen LogP contribution in [0.2, 0.25) is 0 Å². The highest BCUT2D eigenvalue weighted by atomic mass is 32.2. The van der Waals surface area contributed by atoms with Crippen molar-refractivity contribution in [3.8, 4) is 0 Å². The second-order valence-corrected chi connectivity index (χ2v) is 9.41. The second kappa shape index (κ2) is 6.86. The first-order chi connectivity index (χ1) is 13.3. The van der Waals surface area contributed by atoms with Crippen LogP contribution in [0.3, 0.4) is 0 Å². The average molecular weight is 400 g/mol. The van der Waals surface area contributed by atoms with Crippen molar-refractivity contribution in [3.63, 3.8) is 0 Å². The number of pyridine rings is 1. The minimum absolute atomic E-state index is 0.444. The molecule has 0 saturated carbocycles. The van der Waals surface area contributed by atoms with E-state index in [-0.39, 0.29) is 0 Å². The molecule has 4 rings (SSSR count). The van der Waals surface area contributed by atoms with E-state index in [0.29, 0.717) is 31.1 Å². The third kappa shape index (κ3) is 3.16. The quantitative estimate of drug-likeness (QED) is 0.677. The van der Waals surface area contributed by atoms with Gasteiger partial charge in [-0.15, -0.1) is 0 Å². The molecule has 0 bridgehead atoms. The third-order valence-electron chi connectivity index (χ3n) is 5.27. The Labute approximate surface area is 165 Å². The van der Waals surface area contributed by atoms with Gasteiger partial charge < -0.3 is 4.90 Å². The first-order valence-electron chi connectivity index (χ1n) is 9.41. The summed E-state index contributed by atoms with van der Waals surface area (Å²) in [6.45, 7) is 9.88. The standard InChI is InChI=1S/C20H25N5O2S/c1-14-9-16(3)20(17(4)10-14)28(26,27)24-7-5-23(6-8-24)19-12-15(2)11-18-21-13-22-25(18)19/h9-13H,5-8H2,1-4H3. The molecule has 1 saturated heterocycles. The molecule has 28 heavy (non-hydrogen) atoms. The van der Waals surface area contributed by atoms with E-state index in [1.807, 2.05) is 50.4 Å². The number of piperazine rings is 1. The molecule has 0 unspecified atom stereocenters. The summed E-state index contributed by atoms with van der Waals surface area (Å²) in [4.78, 5) is 6.90. The molecule has 1 fully saturated rings. The summed E-state index contributed by atoms with van der Waals surface area (Å²) in [6.07, 6.45) is 1.54. The van der Waals surface area contributed by atoms with Crippen LogP contribution in [0, 0.1) is 27.7 Å². The van der Waals surface area contributed by atoms with E-state index in [9.17, 15) is 8.42 Å². The lowest BCUT2D eigenvalue weighted by Gasteiger charge is -2.35. The number of hydrogen-bond donors (Lipinski definition) is 0. The minimum atomic E-state index is -3.51. The van der Waals surface area contributed by atoms with Crippen molar-refractivity contribution in [2.24, 2.45) is 0 Å². The van der Waals surface area contributed by atoms with Gasteiger partial charge in [0, 0.05) is 26.2 Å². The lowest BCUT2D eigenvalue weighted by Crippen LogP contribution is -2.49. The summed E-state index contributed by atoms with van der Waals surface area (Å²) in [5, 5.41) is 4.31. The highest BCUT2D eigenvalue weighted by Gasteiger charge is 2.31. The van der Waals surface area contributed by atoms with Gasteiger partial charge in [0.25, 0.3) is 0 Å². The van der Waals surface area contributed by atoms with Gasteiger partial charge in [-0.1, -0.05) is 17.7 Å². The Morgan fingerprint density at radius 1 is 0.857 bits per heavy atom. The summed E-state index contributed by atoms with van der Waals surface area (Å²) < 4.78 is 30.0. The Balaban J connectivity index is 1.60. The van der Waals surface area contributed by atoms with E-state index in [4.69, 9.17) is 0 Å². The van der Waals surface area contributed by atoms with E-state index >= 15 is 0 Å². The van der Waals surface area contributed by atoms with Crippen LogP contribution in [0.5, 0.6) is 0 Å². The molecule has 0 aliphatic carbocycles. The number of aryl methyl sites for hydroxylation is 4. The fourth-order valence-electron chi connectivity index (χ4n) is 4.12. The van der Waals surface area contributed by atoms with Gasteiger partial charge in [0.05, 0.1) is 4.90 Å². The Hall–Kier alpha value is -2.45. The zero-order chi connectivity index (χ0) is 20.1. The molecule has 1 aliphatic heterocycles. The molecule has 0 spiro atoms. The van der Waals surface area contributed by atoms with Crippen molar-refractivity contribution >= 4 is 21.5 Å². The number of rotatable bonds is 3. The zero-order valence-corrected chi connectivity index (χ0v) is 17.5. The summed E-state index contributed by atoms with van der Waals surface area (Å²) in [5.74, 6) is 0.951. The average Bonchev–Trinajstić information content (AvgIpc) is 3.08. The minimum Gasteiger partial charge on any atom is -0.354 e. The molecule has 3 heterocycles. The van der Waals surface area contributed by atoms with Crippen LogP contribution < -0.4 is 4.90 Å². The Kier molecular flexibility index (Phi) is 4.63. The van der Waals surface area contributed by atoms with Crippen LogP contribution in [0.1, 0.15) is 22.3 Å².